The summed E-state index contributed by atoms with van der Waals surface area (Å²) in [5.41, 5.74) is 5.19. The first-order chi connectivity index (χ1) is 7.13. The van der Waals surface area contributed by atoms with Gasteiger partial charge in [0, 0.05) is 32.3 Å². The maximum absolute atomic E-state index is 10.9. The van der Waals surface area contributed by atoms with E-state index in [4.69, 9.17) is 10.8 Å². The standard InChI is InChI=1S/C10H21N3O2/c1-8(7-14)6-12-9-2-4-13(5-3-9)10(11)15/h8-9,12,14H,2-7H2,1H3,(H2,11,15). The van der Waals surface area contributed by atoms with Crippen LogP contribution in [0.5, 0.6) is 0 Å². The van der Waals surface area contributed by atoms with Crippen LogP contribution < -0.4 is 11.1 Å². The predicted molar refractivity (Wildman–Crippen MR) is 58.4 cm³/mol. The second kappa shape index (κ2) is 5.92. The second-order valence-electron chi connectivity index (χ2n) is 4.30. The Morgan fingerprint density at radius 1 is 1.60 bits per heavy atom. The highest BCUT2D eigenvalue weighted by Crippen LogP contribution is 2.10. The number of hydrogen-bond donors (Lipinski definition) is 3. The maximum atomic E-state index is 10.9. The van der Waals surface area contributed by atoms with Gasteiger partial charge in [-0.25, -0.2) is 4.79 Å². The van der Waals surface area contributed by atoms with Crippen molar-refractivity contribution in [1.29, 1.82) is 0 Å². The summed E-state index contributed by atoms with van der Waals surface area (Å²) in [5.74, 6) is 0.291. The van der Waals surface area contributed by atoms with Crippen molar-refractivity contribution in [3.8, 4) is 0 Å². The number of nitrogens with two attached hydrogens (primary N) is 1. The number of nitrogens with one attached hydrogen (secondary N) is 1. The van der Waals surface area contributed by atoms with Crippen molar-refractivity contribution in [3.63, 3.8) is 0 Å². The molecule has 5 nitrogen and oxygen atoms in total. The molecule has 4 N–H and O–H groups in total. The highest BCUT2D eigenvalue weighted by atomic mass is 16.3. The zero-order valence-corrected chi connectivity index (χ0v) is 9.28. The van der Waals surface area contributed by atoms with E-state index in [1.807, 2.05) is 6.92 Å². The van der Waals surface area contributed by atoms with Crippen LogP contribution >= 0.6 is 0 Å². The molecule has 15 heavy (non-hydrogen) atoms. The molecule has 1 rings (SSSR count). The van der Waals surface area contributed by atoms with E-state index in [-0.39, 0.29) is 12.6 Å². The molecule has 2 amide bonds. The average Bonchev–Trinajstić information content (AvgIpc) is 2.26. The molecule has 0 aliphatic carbocycles. The number of piperidine rings is 1. The molecule has 0 aromatic heterocycles. The van der Waals surface area contributed by atoms with Gasteiger partial charge in [0.15, 0.2) is 0 Å². The fourth-order valence-corrected chi connectivity index (χ4v) is 1.74. The SMILES string of the molecule is CC(CO)CNC1CCN(C(N)=O)CC1. The van der Waals surface area contributed by atoms with Crippen LogP contribution in [0.3, 0.4) is 0 Å². The van der Waals surface area contributed by atoms with Crippen LogP contribution in [0.1, 0.15) is 19.8 Å². The summed E-state index contributed by atoms with van der Waals surface area (Å²) in [6, 6.07) is 0.131. The third-order valence-corrected chi connectivity index (χ3v) is 2.87. The molecular weight excluding hydrogens is 194 g/mol. The first-order valence-corrected chi connectivity index (χ1v) is 5.52. The van der Waals surface area contributed by atoms with Gasteiger partial charge >= 0.3 is 6.03 Å². The molecule has 0 saturated carbocycles. The van der Waals surface area contributed by atoms with Gasteiger partial charge in [-0.15, -0.1) is 0 Å². The number of aliphatic hydroxyl groups excluding tert-OH is 1. The fraction of sp³-hybridized carbons (Fsp3) is 0.900. The lowest BCUT2D eigenvalue weighted by molar-refractivity contribution is 0.180. The van der Waals surface area contributed by atoms with E-state index in [0.717, 1.165) is 32.5 Å². The molecule has 1 atom stereocenters. The van der Waals surface area contributed by atoms with Gasteiger partial charge in [-0.05, 0) is 18.8 Å². The Morgan fingerprint density at radius 2 is 2.20 bits per heavy atom. The molecule has 1 aliphatic rings. The highest BCUT2D eigenvalue weighted by Gasteiger charge is 2.20. The Balaban J connectivity index is 2.17. The monoisotopic (exact) mass is 215 g/mol. The number of nitrogens with zero attached hydrogens (tertiary/aromatic N) is 1. The summed E-state index contributed by atoms with van der Waals surface area (Å²) in [4.78, 5) is 12.5. The van der Waals surface area contributed by atoms with Crippen molar-refractivity contribution in [2.75, 3.05) is 26.2 Å². The molecular formula is C10H21N3O2. The van der Waals surface area contributed by atoms with E-state index in [1.165, 1.54) is 0 Å². The molecule has 5 heteroatoms. The van der Waals surface area contributed by atoms with Gasteiger partial charge in [0.1, 0.15) is 0 Å². The van der Waals surface area contributed by atoms with Crippen molar-refractivity contribution >= 4 is 6.03 Å². The van der Waals surface area contributed by atoms with Gasteiger partial charge in [0.05, 0.1) is 0 Å². The van der Waals surface area contributed by atoms with Crippen LogP contribution in [0.4, 0.5) is 4.79 Å². The summed E-state index contributed by atoms with van der Waals surface area (Å²) >= 11 is 0. The smallest absolute Gasteiger partial charge is 0.314 e. The predicted octanol–water partition coefficient (Wildman–Crippen LogP) is -0.252. The number of carbonyl (C=O) groups excluding carboxylic acids is 1. The largest absolute Gasteiger partial charge is 0.396 e. The number of rotatable bonds is 4. The first-order valence-electron chi connectivity index (χ1n) is 5.52. The molecule has 0 radical (unpaired) electrons. The van der Waals surface area contributed by atoms with E-state index >= 15 is 0 Å². The van der Waals surface area contributed by atoms with Crippen molar-refractivity contribution in [1.82, 2.24) is 10.2 Å². The van der Waals surface area contributed by atoms with E-state index in [2.05, 4.69) is 5.32 Å². The fourth-order valence-electron chi connectivity index (χ4n) is 1.74. The topological polar surface area (TPSA) is 78.6 Å². The Hall–Kier alpha value is -0.810. The lowest BCUT2D eigenvalue weighted by Gasteiger charge is -2.31. The number of urea groups is 1. The third-order valence-electron chi connectivity index (χ3n) is 2.87. The number of aliphatic hydroxyl groups is 1. The van der Waals surface area contributed by atoms with Gasteiger partial charge in [-0.2, -0.15) is 0 Å². The van der Waals surface area contributed by atoms with Crippen molar-refractivity contribution in [3.05, 3.63) is 0 Å². The molecule has 0 bridgehead atoms. The quantitative estimate of drug-likeness (QED) is 0.605. The van der Waals surface area contributed by atoms with Crippen LogP contribution in [-0.2, 0) is 0 Å². The van der Waals surface area contributed by atoms with Gasteiger partial charge in [-0.3, -0.25) is 0 Å². The molecule has 1 aliphatic heterocycles. The van der Waals surface area contributed by atoms with Crippen LogP contribution in [0.15, 0.2) is 0 Å². The molecule has 1 heterocycles. The number of carbonyl (C=O) groups is 1. The minimum Gasteiger partial charge on any atom is -0.396 e. The average molecular weight is 215 g/mol. The van der Waals surface area contributed by atoms with E-state index < -0.39 is 0 Å². The highest BCUT2D eigenvalue weighted by molar-refractivity contribution is 5.72. The number of amides is 2. The summed E-state index contributed by atoms with van der Waals surface area (Å²) in [7, 11) is 0. The van der Waals surface area contributed by atoms with Crippen molar-refractivity contribution in [2.24, 2.45) is 11.7 Å². The van der Waals surface area contributed by atoms with Crippen molar-refractivity contribution in [2.45, 2.75) is 25.8 Å². The van der Waals surface area contributed by atoms with E-state index in [1.54, 1.807) is 4.90 Å². The van der Waals surface area contributed by atoms with E-state index in [9.17, 15) is 4.79 Å². The molecule has 1 fully saturated rings. The number of hydrogen-bond acceptors (Lipinski definition) is 3. The van der Waals surface area contributed by atoms with Gasteiger partial charge in [0.2, 0.25) is 0 Å². The molecule has 0 spiro atoms. The summed E-state index contributed by atoms with van der Waals surface area (Å²) in [6.45, 7) is 4.53. The zero-order valence-electron chi connectivity index (χ0n) is 9.28. The molecule has 1 unspecified atom stereocenters. The van der Waals surface area contributed by atoms with Gasteiger partial charge in [0.25, 0.3) is 0 Å². The summed E-state index contributed by atoms with van der Waals surface area (Å²) in [5, 5.41) is 12.3. The zero-order chi connectivity index (χ0) is 11.3. The van der Waals surface area contributed by atoms with Crippen LogP contribution in [-0.4, -0.2) is 48.3 Å². The first kappa shape index (κ1) is 12.3. The van der Waals surface area contributed by atoms with Crippen LogP contribution in [0.25, 0.3) is 0 Å². The Kier molecular flexibility index (Phi) is 4.84. The molecule has 1 saturated heterocycles. The normalized spacial score (nSPS) is 20.3. The second-order valence-corrected chi connectivity index (χ2v) is 4.30. The maximum Gasteiger partial charge on any atom is 0.314 e. The Labute approximate surface area is 90.6 Å². The lowest BCUT2D eigenvalue weighted by atomic mass is 10.0. The molecule has 88 valence electrons. The summed E-state index contributed by atoms with van der Waals surface area (Å²) < 4.78 is 0. The lowest BCUT2D eigenvalue weighted by Crippen LogP contribution is -2.47. The number of likely N-dealkylation sites (tertiary alicyclic amines) is 1. The Morgan fingerprint density at radius 3 is 2.67 bits per heavy atom. The van der Waals surface area contributed by atoms with Crippen molar-refractivity contribution < 1.29 is 9.90 Å². The van der Waals surface area contributed by atoms with E-state index in [0.29, 0.717) is 12.0 Å². The minimum absolute atomic E-state index is 0.215. The Bertz CT molecular complexity index is 203. The molecule has 0 aromatic rings. The number of primary amides is 1. The van der Waals surface area contributed by atoms with Crippen LogP contribution in [0, 0.1) is 5.92 Å². The van der Waals surface area contributed by atoms with Gasteiger partial charge < -0.3 is 21.1 Å². The van der Waals surface area contributed by atoms with Crippen LogP contribution in [0.2, 0.25) is 0 Å². The molecule has 0 aromatic carbocycles. The minimum atomic E-state index is -0.322. The third kappa shape index (κ3) is 4.05. The van der Waals surface area contributed by atoms with Gasteiger partial charge in [-0.1, -0.05) is 6.92 Å². The summed E-state index contributed by atoms with van der Waals surface area (Å²) in [6.07, 6.45) is 1.89.